The van der Waals surface area contributed by atoms with Gasteiger partial charge in [0.25, 0.3) is 0 Å². The number of carbonyl (C=O) groups excluding carboxylic acids is 1. The van der Waals surface area contributed by atoms with E-state index in [1.165, 1.54) is 11.8 Å². The maximum absolute atomic E-state index is 11.5. The minimum atomic E-state index is -0.133. The monoisotopic (exact) mass is 238 g/mol. The van der Waals surface area contributed by atoms with Crippen LogP contribution in [0.2, 0.25) is 0 Å². The van der Waals surface area contributed by atoms with Gasteiger partial charge in [0.1, 0.15) is 22.2 Å². The molecule has 16 heavy (non-hydrogen) atoms. The van der Waals surface area contributed by atoms with Crippen LogP contribution in [-0.4, -0.2) is 27.3 Å². The van der Waals surface area contributed by atoms with E-state index in [0.717, 1.165) is 23.0 Å². The molecule has 1 aliphatic heterocycles. The highest BCUT2D eigenvalue weighted by atomic mass is 32.2. The highest BCUT2D eigenvalue weighted by Crippen LogP contribution is 2.31. The van der Waals surface area contributed by atoms with Gasteiger partial charge in [-0.1, -0.05) is 11.8 Å². The summed E-state index contributed by atoms with van der Waals surface area (Å²) in [6.07, 6.45) is 0.778. The van der Waals surface area contributed by atoms with Gasteiger partial charge in [0.05, 0.1) is 0 Å². The Kier molecular flexibility index (Phi) is 3.14. The molecule has 0 amide bonds. The van der Waals surface area contributed by atoms with Crippen LogP contribution in [0.25, 0.3) is 0 Å². The van der Waals surface area contributed by atoms with Crippen LogP contribution >= 0.6 is 11.8 Å². The largest absolute Gasteiger partial charge is 0.462 e. The van der Waals surface area contributed by atoms with Gasteiger partial charge in [0.2, 0.25) is 0 Å². The van der Waals surface area contributed by atoms with E-state index in [1.54, 1.807) is 0 Å². The lowest BCUT2D eigenvalue weighted by Gasteiger charge is -2.05. The Morgan fingerprint density at radius 3 is 2.75 bits per heavy atom. The van der Waals surface area contributed by atoms with E-state index in [9.17, 15) is 4.79 Å². The molecule has 0 aromatic carbocycles. The van der Waals surface area contributed by atoms with Crippen molar-refractivity contribution < 1.29 is 9.53 Å². The SMILES string of the molecule is Cc1cc(S[C@@H]2C[C@@H](C)OC2=O)nc(C)n1. The van der Waals surface area contributed by atoms with Crippen molar-refractivity contribution in [2.24, 2.45) is 0 Å². The van der Waals surface area contributed by atoms with Crippen LogP contribution in [0.4, 0.5) is 0 Å². The first kappa shape index (κ1) is 11.4. The summed E-state index contributed by atoms with van der Waals surface area (Å²) < 4.78 is 5.10. The van der Waals surface area contributed by atoms with Crippen LogP contribution < -0.4 is 0 Å². The fraction of sp³-hybridized carbons (Fsp3) is 0.545. The molecule has 5 heteroatoms. The molecule has 0 aliphatic carbocycles. The number of thioether (sulfide) groups is 1. The summed E-state index contributed by atoms with van der Waals surface area (Å²) in [5.74, 6) is 0.605. The molecule has 0 unspecified atom stereocenters. The predicted octanol–water partition coefficient (Wildman–Crippen LogP) is 1.89. The van der Waals surface area contributed by atoms with E-state index in [0.29, 0.717) is 0 Å². The standard InChI is InChI=1S/C11H14N2O2S/c1-6-4-10(13-8(3)12-6)16-9-5-7(2)15-11(9)14/h4,7,9H,5H2,1-3H3/t7-,9-/m1/s1. The molecule has 1 aromatic rings. The van der Waals surface area contributed by atoms with Gasteiger partial charge in [-0.25, -0.2) is 9.97 Å². The number of esters is 1. The van der Waals surface area contributed by atoms with Crippen molar-refractivity contribution in [2.45, 2.75) is 43.6 Å². The molecule has 0 bridgehead atoms. The van der Waals surface area contributed by atoms with Crippen LogP contribution in [0.3, 0.4) is 0 Å². The molecule has 2 heterocycles. The fourth-order valence-electron chi connectivity index (χ4n) is 1.71. The molecular formula is C11H14N2O2S. The normalized spacial score (nSPS) is 24.6. The number of hydrogen-bond acceptors (Lipinski definition) is 5. The molecular weight excluding hydrogens is 224 g/mol. The summed E-state index contributed by atoms with van der Waals surface area (Å²) in [5.41, 5.74) is 0.925. The fourth-order valence-corrected chi connectivity index (χ4v) is 2.94. The molecule has 1 fully saturated rings. The summed E-state index contributed by atoms with van der Waals surface area (Å²) >= 11 is 1.47. The molecule has 0 spiro atoms. The van der Waals surface area contributed by atoms with Crippen molar-refractivity contribution >= 4 is 17.7 Å². The van der Waals surface area contributed by atoms with Crippen molar-refractivity contribution in [3.8, 4) is 0 Å². The molecule has 0 saturated carbocycles. The maximum Gasteiger partial charge on any atom is 0.319 e. The number of ether oxygens (including phenoxy) is 1. The average Bonchev–Trinajstić information content (AvgIpc) is 2.43. The number of cyclic esters (lactones) is 1. The minimum Gasteiger partial charge on any atom is -0.462 e. The first-order valence-corrected chi connectivity index (χ1v) is 6.12. The quantitative estimate of drug-likeness (QED) is 0.581. The number of nitrogens with zero attached hydrogens (tertiary/aromatic N) is 2. The molecule has 1 aliphatic rings. The maximum atomic E-state index is 11.5. The summed E-state index contributed by atoms with van der Waals surface area (Å²) in [5, 5.41) is 0.727. The molecule has 4 nitrogen and oxygen atoms in total. The van der Waals surface area contributed by atoms with E-state index < -0.39 is 0 Å². The van der Waals surface area contributed by atoms with Gasteiger partial charge in [0, 0.05) is 12.1 Å². The Hall–Kier alpha value is -1.10. The number of hydrogen-bond donors (Lipinski definition) is 0. The predicted molar refractivity (Wildman–Crippen MR) is 61.3 cm³/mol. The van der Waals surface area contributed by atoms with Crippen LogP contribution in [-0.2, 0) is 9.53 Å². The van der Waals surface area contributed by atoms with E-state index in [4.69, 9.17) is 4.74 Å². The van der Waals surface area contributed by atoms with Crippen molar-refractivity contribution in [3.05, 3.63) is 17.6 Å². The Balaban J connectivity index is 2.12. The molecule has 2 rings (SSSR count). The van der Waals surface area contributed by atoms with Crippen molar-refractivity contribution in [1.82, 2.24) is 9.97 Å². The zero-order valence-electron chi connectivity index (χ0n) is 9.56. The molecule has 1 aromatic heterocycles. The number of carbonyl (C=O) groups is 1. The van der Waals surface area contributed by atoms with Gasteiger partial charge in [-0.15, -0.1) is 0 Å². The Morgan fingerprint density at radius 2 is 2.19 bits per heavy atom. The van der Waals surface area contributed by atoms with Crippen LogP contribution in [0.5, 0.6) is 0 Å². The van der Waals surface area contributed by atoms with E-state index in [-0.39, 0.29) is 17.3 Å². The first-order valence-electron chi connectivity index (χ1n) is 5.24. The molecule has 86 valence electrons. The van der Waals surface area contributed by atoms with E-state index in [1.807, 2.05) is 26.8 Å². The zero-order chi connectivity index (χ0) is 11.7. The third kappa shape index (κ3) is 2.52. The Morgan fingerprint density at radius 1 is 1.44 bits per heavy atom. The van der Waals surface area contributed by atoms with Crippen LogP contribution in [0.1, 0.15) is 24.9 Å². The molecule has 2 atom stereocenters. The van der Waals surface area contributed by atoms with Crippen LogP contribution in [0.15, 0.2) is 11.1 Å². The van der Waals surface area contributed by atoms with Gasteiger partial charge in [-0.2, -0.15) is 0 Å². The third-order valence-electron chi connectivity index (χ3n) is 2.33. The smallest absolute Gasteiger partial charge is 0.319 e. The van der Waals surface area contributed by atoms with Crippen molar-refractivity contribution in [3.63, 3.8) is 0 Å². The molecule has 1 saturated heterocycles. The number of aryl methyl sites for hydroxylation is 2. The topological polar surface area (TPSA) is 52.1 Å². The number of aromatic nitrogens is 2. The van der Waals surface area contributed by atoms with Crippen LogP contribution in [0, 0.1) is 13.8 Å². The van der Waals surface area contributed by atoms with E-state index in [2.05, 4.69) is 9.97 Å². The Bertz CT molecular complexity index is 402. The summed E-state index contributed by atoms with van der Waals surface area (Å²) in [4.78, 5) is 20.0. The lowest BCUT2D eigenvalue weighted by Crippen LogP contribution is -2.10. The average molecular weight is 238 g/mol. The summed E-state index contributed by atoms with van der Waals surface area (Å²) in [7, 11) is 0. The molecule has 0 N–H and O–H groups in total. The second-order valence-electron chi connectivity index (χ2n) is 3.98. The lowest BCUT2D eigenvalue weighted by molar-refractivity contribution is -0.140. The van der Waals surface area contributed by atoms with Gasteiger partial charge in [0.15, 0.2) is 0 Å². The zero-order valence-corrected chi connectivity index (χ0v) is 10.4. The van der Waals surface area contributed by atoms with Gasteiger partial charge in [-0.3, -0.25) is 4.79 Å². The van der Waals surface area contributed by atoms with Gasteiger partial charge < -0.3 is 4.74 Å². The second-order valence-corrected chi connectivity index (χ2v) is 5.21. The van der Waals surface area contributed by atoms with Crippen molar-refractivity contribution in [1.29, 1.82) is 0 Å². The second kappa shape index (κ2) is 4.41. The highest BCUT2D eigenvalue weighted by molar-refractivity contribution is 8.00. The van der Waals surface area contributed by atoms with E-state index >= 15 is 0 Å². The first-order chi connectivity index (χ1) is 7.54. The summed E-state index contributed by atoms with van der Waals surface area (Å²) in [6, 6.07) is 1.90. The number of rotatable bonds is 2. The third-order valence-corrected chi connectivity index (χ3v) is 3.45. The lowest BCUT2D eigenvalue weighted by atomic mass is 10.3. The van der Waals surface area contributed by atoms with Gasteiger partial charge >= 0.3 is 5.97 Å². The molecule has 0 radical (unpaired) electrons. The summed E-state index contributed by atoms with van der Waals surface area (Å²) in [6.45, 7) is 5.69. The van der Waals surface area contributed by atoms with Crippen molar-refractivity contribution in [2.75, 3.05) is 0 Å². The minimum absolute atomic E-state index is 0.0223. The van der Waals surface area contributed by atoms with Gasteiger partial charge in [-0.05, 0) is 26.8 Å². The Labute approximate surface area is 98.8 Å². The highest BCUT2D eigenvalue weighted by Gasteiger charge is 2.32.